The quantitative estimate of drug-likeness (QED) is 0.886. The summed E-state index contributed by atoms with van der Waals surface area (Å²) in [4.78, 5) is 14.7. The van der Waals surface area contributed by atoms with Crippen molar-refractivity contribution in [1.29, 1.82) is 0 Å². The monoisotopic (exact) mass is 289 g/mol. The molecule has 2 aliphatic heterocycles. The SMILES string of the molecule is NC[C@H]1CC[C@@H](C(=O)Nc2ccccc2N2CCCC2)O1. The number of amides is 1. The van der Waals surface area contributed by atoms with Crippen LogP contribution in [0.2, 0.25) is 0 Å². The normalized spacial score (nSPS) is 25.3. The Kier molecular flexibility index (Phi) is 4.41. The average molecular weight is 289 g/mol. The molecule has 3 rings (SSSR count). The van der Waals surface area contributed by atoms with E-state index in [0.717, 1.165) is 37.3 Å². The predicted octanol–water partition coefficient (Wildman–Crippen LogP) is 1.73. The van der Waals surface area contributed by atoms with Crippen LogP contribution in [0.3, 0.4) is 0 Å². The second-order valence-electron chi connectivity index (χ2n) is 5.76. The molecule has 5 nitrogen and oxygen atoms in total. The smallest absolute Gasteiger partial charge is 0.253 e. The summed E-state index contributed by atoms with van der Waals surface area (Å²) in [6.07, 6.45) is 3.69. The Bertz CT molecular complexity index is 500. The molecule has 0 unspecified atom stereocenters. The standard InChI is InChI=1S/C16H23N3O2/c17-11-12-7-8-15(21-12)16(20)18-13-5-1-2-6-14(13)19-9-3-4-10-19/h1-2,5-6,12,15H,3-4,7-11,17H2,(H,18,20)/t12-,15+/m1/s1. The molecule has 2 atom stereocenters. The van der Waals surface area contributed by atoms with Crippen molar-refractivity contribution in [2.75, 3.05) is 29.9 Å². The molecule has 0 spiro atoms. The van der Waals surface area contributed by atoms with Crippen molar-refractivity contribution in [3.63, 3.8) is 0 Å². The van der Waals surface area contributed by atoms with E-state index in [1.54, 1.807) is 0 Å². The first-order valence-electron chi connectivity index (χ1n) is 7.78. The minimum atomic E-state index is -0.370. The highest BCUT2D eigenvalue weighted by Gasteiger charge is 2.30. The summed E-state index contributed by atoms with van der Waals surface area (Å²) in [7, 11) is 0. The van der Waals surface area contributed by atoms with Crippen LogP contribution in [0.25, 0.3) is 0 Å². The van der Waals surface area contributed by atoms with Crippen molar-refractivity contribution in [2.45, 2.75) is 37.9 Å². The number of anilines is 2. The van der Waals surface area contributed by atoms with Gasteiger partial charge in [-0.2, -0.15) is 0 Å². The molecule has 0 aromatic heterocycles. The lowest BCUT2D eigenvalue weighted by Crippen LogP contribution is -2.30. The first-order chi connectivity index (χ1) is 10.3. The number of nitrogens with zero attached hydrogens (tertiary/aromatic N) is 1. The van der Waals surface area contributed by atoms with Crippen molar-refractivity contribution >= 4 is 17.3 Å². The highest BCUT2D eigenvalue weighted by Crippen LogP contribution is 2.29. The third kappa shape index (κ3) is 3.19. The van der Waals surface area contributed by atoms with Crippen molar-refractivity contribution in [2.24, 2.45) is 5.73 Å². The first kappa shape index (κ1) is 14.4. The van der Waals surface area contributed by atoms with Crippen LogP contribution in [0.15, 0.2) is 24.3 Å². The molecule has 3 N–H and O–H groups in total. The number of carbonyl (C=O) groups is 1. The Morgan fingerprint density at radius 2 is 2.05 bits per heavy atom. The fourth-order valence-corrected chi connectivity index (χ4v) is 3.10. The summed E-state index contributed by atoms with van der Waals surface area (Å²) in [5.41, 5.74) is 7.58. The van der Waals surface area contributed by atoms with Gasteiger partial charge in [0, 0.05) is 19.6 Å². The lowest BCUT2D eigenvalue weighted by atomic mass is 10.2. The topological polar surface area (TPSA) is 67.6 Å². The minimum Gasteiger partial charge on any atom is -0.370 e. The summed E-state index contributed by atoms with van der Waals surface area (Å²) in [6, 6.07) is 7.99. The summed E-state index contributed by atoms with van der Waals surface area (Å²) in [5.74, 6) is -0.0578. The van der Waals surface area contributed by atoms with E-state index >= 15 is 0 Å². The third-order valence-corrected chi connectivity index (χ3v) is 4.27. The average Bonchev–Trinajstić information content (AvgIpc) is 3.19. The van der Waals surface area contributed by atoms with Gasteiger partial charge in [-0.15, -0.1) is 0 Å². The second-order valence-corrected chi connectivity index (χ2v) is 5.76. The van der Waals surface area contributed by atoms with Gasteiger partial charge in [0.1, 0.15) is 6.10 Å². The van der Waals surface area contributed by atoms with Crippen molar-refractivity contribution in [1.82, 2.24) is 0 Å². The van der Waals surface area contributed by atoms with Crippen LogP contribution in [0.5, 0.6) is 0 Å². The van der Waals surface area contributed by atoms with Gasteiger partial charge in [0.25, 0.3) is 5.91 Å². The number of nitrogens with one attached hydrogen (secondary N) is 1. The number of benzene rings is 1. The Labute approximate surface area is 125 Å². The van der Waals surface area contributed by atoms with Gasteiger partial charge in [-0.3, -0.25) is 4.79 Å². The van der Waals surface area contributed by atoms with E-state index in [1.165, 1.54) is 12.8 Å². The van der Waals surface area contributed by atoms with Crippen LogP contribution in [-0.2, 0) is 9.53 Å². The lowest BCUT2D eigenvalue weighted by molar-refractivity contribution is -0.126. The van der Waals surface area contributed by atoms with Crippen LogP contribution >= 0.6 is 0 Å². The second kappa shape index (κ2) is 6.45. The number of nitrogens with two attached hydrogens (primary N) is 1. The number of hydrogen-bond donors (Lipinski definition) is 2. The molecule has 2 aliphatic rings. The molecule has 21 heavy (non-hydrogen) atoms. The lowest BCUT2D eigenvalue weighted by Gasteiger charge is -2.22. The highest BCUT2D eigenvalue weighted by molar-refractivity contribution is 5.97. The fourth-order valence-electron chi connectivity index (χ4n) is 3.10. The zero-order valence-corrected chi connectivity index (χ0v) is 12.3. The molecular formula is C16H23N3O2. The zero-order valence-electron chi connectivity index (χ0n) is 12.3. The van der Waals surface area contributed by atoms with E-state index in [4.69, 9.17) is 10.5 Å². The molecular weight excluding hydrogens is 266 g/mol. The summed E-state index contributed by atoms with van der Waals surface area (Å²) in [6.45, 7) is 2.60. The van der Waals surface area contributed by atoms with E-state index in [2.05, 4.69) is 16.3 Å². The number of para-hydroxylation sites is 2. The van der Waals surface area contributed by atoms with Crippen LogP contribution in [0.4, 0.5) is 11.4 Å². The number of rotatable bonds is 4. The predicted molar refractivity (Wildman–Crippen MR) is 83.5 cm³/mol. The van der Waals surface area contributed by atoms with Gasteiger partial charge in [-0.25, -0.2) is 0 Å². The minimum absolute atomic E-state index is 0.0228. The van der Waals surface area contributed by atoms with Gasteiger partial charge in [-0.1, -0.05) is 12.1 Å². The Morgan fingerprint density at radius 3 is 2.76 bits per heavy atom. The molecule has 0 bridgehead atoms. The van der Waals surface area contributed by atoms with Crippen molar-refractivity contribution in [3.8, 4) is 0 Å². The van der Waals surface area contributed by atoms with Crippen LogP contribution in [-0.4, -0.2) is 37.7 Å². The van der Waals surface area contributed by atoms with E-state index < -0.39 is 0 Å². The van der Waals surface area contributed by atoms with Crippen molar-refractivity contribution in [3.05, 3.63) is 24.3 Å². The first-order valence-corrected chi connectivity index (χ1v) is 7.78. The van der Waals surface area contributed by atoms with Gasteiger partial charge in [-0.05, 0) is 37.8 Å². The van der Waals surface area contributed by atoms with E-state index in [9.17, 15) is 4.79 Å². The molecule has 0 saturated carbocycles. The highest BCUT2D eigenvalue weighted by atomic mass is 16.5. The molecule has 114 valence electrons. The molecule has 0 aliphatic carbocycles. The van der Waals surface area contributed by atoms with Gasteiger partial charge in [0.2, 0.25) is 0 Å². The fraction of sp³-hybridized carbons (Fsp3) is 0.562. The maximum absolute atomic E-state index is 12.3. The molecule has 2 fully saturated rings. The largest absolute Gasteiger partial charge is 0.370 e. The van der Waals surface area contributed by atoms with Gasteiger partial charge in [0.15, 0.2) is 0 Å². The zero-order chi connectivity index (χ0) is 14.7. The molecule has 2 heterocycles. The molecule has 1 aromatic rings. The molecule has 1 amide bonds. The van der Waals surface area contributed by atoms with E-state index in [1.807, 2.05) is 18.2 Å². The molecule has 0 radical (unpaired) electrons. The molecule has 5 heteroatoms. The van der Waals surface area contributed by atoms with Crippen molar-refractivity contribution < 1.29 is 9.53 Å². The summed E-state index contributed by atoms with van der Waals surface area (Å²) >= 11 is 0. The van der Waals surface area contributed by atoms with Crippen LogP contribution < -0.4 is 16.0 Å². The third-order valence-electron chi connectivity index (χ3n) is 4.27. The number of ether oxygens (including phenoxy) is 1. The Balaban J connectivity index is 1.68. The Hall–Kier alpha value is -1.59. The number of hydrogen-bond acceptors (Lipinski definition) is 4. The van der Waals surface area contributed by atoms with Gasteiger partial charge >= 0.3 is 0 Å². The summed E-state index contributed by atoms with van der Waals surface area (Å²) < 4.78 is 5.66. The maximum Gasteiger partial charge on any atom is 0.253 e. The Morgan fingerprint density at radius 1 is 1.29 bits per heavy atom. The molecule has 1 aromatic carbocycles. The summed E-state index contributed by atoms with van der Waals surface area (Å²) in [5, 5.41) is 3.03. The van der Waals surface area contributed by atoms with Gasteiger partial charge in [0.05, 0.1) is 17.5 Å². The van der Waals surface area contributed by atoms with E-state index in [0.29, 0.717) is 6.54 Å². The van der Waals surface area contributed by atoms with Gasteiger partial charge < -0.3 is 20.7 Å². The van der Waals surface area contributed by atoms with Crippen LogP contribution in [0.1, 0.15) is 25.7 Å². The van der Waals surface area contributed by atoms with Crippen LogP contribution in [0, 0.1) is 0 Å². The molecule has 2 saturated heterocycles. The number of carbonyl (C=O) groups excluding carboxylic acids is 1. The van der Waals surface area contributed by atoms with E-state index in [-0.39, 0.29) is 18.1 Å². The maximum atomic E-state index is 12.3.